The van der Waals surface area contributed by atoms with E-state index in [1.807, 2.05) is 48.0 Å². The van der Waals surface area contributed by atoms with Crippen LogP contribution in [-0.2, 0) is 13.0 Å². The van der Waals surface area contributed by atoms with Crippen LogP contribution >= 0.6 is 12.4 Å². The van der Waals surface area contributed by atoms with Gasteiger partial charge in [0.05, 0.1) is 24.3 Å². The lowest BCUT2D eigenvalue weighted by molar-refractivity contribution is 0.0932. The molecule has 5 nitrogen and oxygen atoms in total. The lowest BCUT2D eigenvalue weighted by atomic mass is 9.87. The van der Waals surface area contributed by atoms with Crippen molar-refractivity contribution >= 4 is 24.0 Å². The monoisotopic (exact) mass is 396 g/mol. The van der Waals surface area contributed by atoms with Crippen LogP contribution in [0, 0.1) is 6.92 Å². The number of carbonyl (C=O) groups excluding carboxylic acids is 1. The van der Waals surface area contributed by atoms with E-state index in [1.165, 1.54) is 11.1 Å². The summed E-state index contributed by atoms with van der Waals surface area (Å²) in [5, 5.41) is 7.62. The maximum Gasteiger partial charge on any atom is 0.255 e. The fourth-order valence-electron chi connectivity index (χ4n) is 3.81. The Morgan fingerprint density at radius 1 is 1.25 bits per heavy atom. The Morgan fingerprint density at radius 3 is 2.82 bits per heavy atom. The van der Waals surface area contributed by atoms with Crippen LogP contribution in [0.25, 0.3) is 0 Å². The van der Waals surface area contributed by atoms with Gasteiger partial charge in [0.2, 0.25) is 0 Å². The van der Waals surface area contributed by atoms with Crippen LogP contribution in [-0.4, -0.2) is 15.7 Å². The van der Waals surface area contributed by atoms with Gasteiger partial charge in [0, 0.05) is 11.4 Å². The molecule has 2 aromatic carbocycles. The van der Waals surface area contributed by atoms with Crippen LogP contribution in [0.3, 0.4) is 0 Å². The van der Waals surface area contributed by atoms with E-state index in [-0.39, 0.29) is 24.4 Å². The molecule has 0 radical (unpaired) electrons. The molecule has 0 aliphatic heterocycles. The fraction of sp³-hybridized carbons (Fsp3) is 0.273. The molecular formula is C22H25ClN4O. The zero-order valence-electron chi connectivity index (χ0n) is 15.9. The Hall–Kier alpha value is -2.79. The SMILES string of the molecule is Cc1c(C(=O)NC2CCCc3cc(N)ccc32)cnn1Cc1ccccc1.Cl. The highest BCUT2D eigenvalue weighted by Gasteiger charge is 2.24. The highest BCUT2D eigenvalue weighted by Crippen LogP contribution is 2.31. The summed E-state index contributed by atoms with van der Waals surface area (Å²) in [7, 11) is 0. The number of nitrogen functional groups attached to an aromatic ring is 1. The summed E-state index contributed by atoms with van der Waals surface area (Å²) < 4.78 is 1.87. The summed E-state index contributed by atoms with van der Waals surface area (Å²) in [4.78, 5) is 12.9. The summed E-state index contributed by atoms with van der Waals surface area (Å²) >= 11 is 0. The molecular weight excluding hydrogens is 372 g/mol. The van der Waals surface area contributed by atoms with Gasteiger partial charge in [-0.2, -0.15) is 5.10 Å². The Labute approximate surface area is 171 Å². The van der Waals surface area contributed by atoms with Crippen molar-refractivity contribution in [1.82, 2.24) is 15.1 Å². The van der Waals surface area contributed by atoms with Gasteiger partial charge in [-0.1, -0.05) is 36.4 Å². The molecule has 1 amide bonds. The van der Waals surface area contributed by atoms with Crippen LogP contribution in [0.2, 0.25) is 0 Å². The molecule has 0 saturated carbocycles. The van der Waals surface area contributed by atoms with Gasteiger partial charge in [-0.25, -0.2) is 0 Å². The van der Waals surface area contributed by atoms with E-state index in [4.69, 9.17) is 5.73 Å². The molecule has 3 N–H and O–H groups in total. The smallest absolute Gasteiger partial charge is 0.255 e. The number of hydrogen-bond donors (Lipinski definition) is 2. The lowest BCUT2D eigenvalue weighted by Gasteiger charge is -2.26. The Bertz CT molecular complexity index is 968. The summed E-state index contributed by atoms with van der Waals surface area (Å²) in [5.41, 5.74) is 11.8. The molecule has 28 heavy (non-hydrogen) atoms. The van der Waals surface area contributed by atoms with Crippen LogP contribution in [0.4, 0.5) is 5.69 Å². The quantitative estimate of drug-likeness (QED) is 0.653. The molecule has 0 bridgehead atoms. The van der Waals surface area contributed by atoms with Gasteiger partial charge >= 0.3 is 0 Å². The van der Waals surface area contributed by atoms with Crippen molar-refractivity contribution < 1.29 is 4.79 Å². The van der Waals surface area contributed by atoms with Gasteiger partial charge in [0.1, 0.15) is 0 Å². The van der Waals surface area contributed by atoms with Crippen molar-refractivity contribution in [3.8, 4) is 0 Å². The largest absolute Gasteiger partial charge is 0.399 e. The standard InChI is InChI=1S/C22H24N4O.ClH/c1-15-20(13-24-26(15)14-16-6-3-2-4-7-16)22(27)25-21-9-5-8-17-12-18(23)10-11-19(17)21;/h2-4,6-7,10-13,21H,5,8-9,14,23H2,1H3,(H,25,27);1H. The van der Waals surface area contributed by atoms with Crippen LogP contribution in [0.1, 0.15) is 51.6 Å². The topological polar surface area (TPSA) is 72.9 Å². The van der Waals surface area contributed by atoms with Crippen molar-refractivity contribution in [3.05, 3.63) is 82.7 Å². The second-order valence-corrected chi connectivity index (χ2v) is 7.16. The van der Waals surface area contributed by atoms with Crippen molar-refractivity contribution in [3.63, 3.8) is 0 Å². The van der Waals surface area contributed by atoms with Crippen LogP contribution in [0.15, 0.2) is 54.7 Å². The molecule has 1 aliphatic rings. The third-order valence-corrected chi connectivity index (χ3v) is 5.31. The molecule has 3 aromatic rings. The number of aromatic nitrogens is 2. The lowest BCUT2D eigenvalue weighted by Crippen LogP contribution is -2.31. The first-order valence-corrected chi connectivity index (χ1v) is 9.37. The zero-order valence-corrected chi connectivity index (χ0v) is 16.7. The van der Waals surface area contributed by atoms with Gasteiger partial charge in [0.15, 0.2) is 0 Å². The van der Waals surface area contributed by atoms with E-state index in [9.17, 15) is 4.79 Å². The van der Waals surface area contributed by atoms with Crippen LogP contribution in [0.5, 0.6) is 0 Å². The average molecular weight is 397 g/mol. The number of benzene rings is 2. The average Bonchev–Trinajstić information content (AvgIpc) is 3.03. The predicted octanol–water partition coefficient (Wildman–Crippen LogP) is 4.05. The summed E-state index contributed by atoms with van der Waals surface area (Å²) in [6.07, 6.45) is 4.68. The molecule has 0 fully saturated rings. The number of rotatable bonds is 4. The number of aryl methyl sites for hydroxylation is 1. The summed E-state index contributed by atoms with van der Waals surface area (Å²) in [5.74, 6) is -0.0681. The Morgan fingerprint density at radius 2 is 2.04 bits per heavy atom. The fourth-order valence-corrected chi connectivity index (χ4v) is 3.81. The molecule has 146 valence electrons. The van der Waals surface area contributed by atoms with Gasteiger partial charge < -0.3 is 11.1 Å². The first-order chi connectivity index (χ1) is 13.1. The minimum atomic E-state index is -0.0681. The molecule has 0 spiro atoms. The van der Waals surface area contributed by atoms with Crippen molar-refractivity contribution in [2.75, 3.05) is 5.73 Å². The van der Waals surface area contributed by atoms with Crippen molar-refractivity contribution in [2.24, 2.45) is 0 Å². The molecule has 1 aliphatic carbocycles. The van der Waals surface area contributed by atoms with Crippen molar-refractivity contribution in [1.29, 1.82) is 0 Å². The maximum absolute atomic E-state index is 12.9. The van der Waals surface area contributed by atoms with Crippen LogP contribution < -0.4 is 11.1 Å². The zero-order chi connectivity index (χ0) is 18.8. The number of fused-ring (bicyclic) bond motifs is 1. The third kappa shape index (κ3) is 4.04. The van der Waals surface area contributed by atoms with Gasteiger partial charge in [-0.3, -0.25) is 9.48 Å². The Balaban J connectivity index is 0.00000225. The molecule has 1 heterocycles. The van der Waals surface area contributed by atoms with E-state index in [2.05, 4.69) is 22.5 Å². The minimum absolute atomic E-state index is 0. The first kappa shape index (κ1) is 20.0. The predicted molar refractivity (Wildman–Crippen MR) is 114 cm³/mol. The number of carbonyl (C=O) groups is 1. The number of nitrogens with one attached hydrogen (secondary N) is 1. The maximum atomic E-state index is 12.9. The molecule has 1 unspecified atom stereocenters. The Kier molecular flexibility index (Phi) is 6.05. The molecule has 4 rings (SSSR count). The van der Waals surface area contributed by atoms with E-state index in [0.717, 1.165) is 36.2 Å². The van der Waals surface area contributed by atoms with E-state index >= 15 is 0 Å². The number of nitrogens with zero attached hydrogens (tertiary/aromatic N) is 2. The molecule has 1 atom stereocenters. The van der Waals surface area contributed by atoms with Gasteiger partial charge in [0.25, 0.3) is 5.91 Å². The van der Waals surface area contributed by atoms with Gasteiger partial charge in [-0.05, 0) is 55.0 Å². The second kappa shape index (κ2) is 8.48. The highest BCUT2D eigenvalue weighted by molar-refractivity contribution is 5.95. The summed E-state index contributed by atoms with van der Waals surface area (Å²) in [6.45, 7) is 2.60. The molecule has 6 heteroatoms. The van der Waals surface area contributed by atoms with E-state index < -0.39 is 0 Å². The third-order valence-electron chi connectivity index (χ3n) is 5.31. The summed E-state index contributed by atoms with van der Waals surface area (Å²) in [6, 6.07) is 16.1. The second-order valence-electron chi connectivity index (χ2n) is 7.16. The number of halogens is 1. The molecule has 0 saturated heterocycles. The highest BCUT2D eigenvalue weighted by atomic mass is 35.5. The van der Waals surface area contributed by atoms with Gasteiger partial charge in [-0.15, -0.1) is 12.4 Å². The minimum Gasteiger partial charge on any atom is -0.399 e. The molecule has 1 aromatic heterocycles. The number of amides is 1. The first-order valence-electron chi connectivity index (χ1n) is 9.37. The number of nitrogens with two attached hydrogens (primary N) is 1. The number of anilines is 1. The normalized spacial score (nSPS) is 15.4. The van der Waals surface area contributed by atoms with E-state index in [0.29, 0.717) is 12.1 Å². The van der Waals surface area contributed by atoms with Crippen molar-refractivity contribution in [2.45, 2.75) is 38.8 Å². The van der Waals surface area contributed by atoms with E-state index in [1.54, 1.807) is 6.20 Å². The number of hydrogen-bond acceptors (Lipinski definition) is 3.